The SMILES string of the molecule is CC.CCC(=O)NC(N)=NC. The standard InChI is InChI=1S/C5H11N3O.C2H6/c1-3-4(9)8-5(6)7-2;1-2/h3H2,1-2H3,(H3,6,7,8,9);1-2H3. The second-order valence-corrected chi connectivity index (χ2v) is 1.51. The number of nitrogens with zero attached hydrogens (tertiary/aromatic N) is 1. The van der Waals surface area contributed by atoms with Crippen molar-refractivity contribution >= 4 is 11.9 Å². The topological polar surface area (TPSA) is 67.5 Å². The minimum absolute atomic E-state index is 0.113. The molecule has 4 heteroatoms. The molecule has 0 rings (SSSR count). The molecule has 0 spiro atoms. The van der Waals surface area contributed by atoms with Crippen molar-refractivity contribution in [3.05, 3.63) is 0 Å². The number of guanidine groups is 1. The van der Waals surface area contributed by atoms with Crippen LogP contribution >= 0.6 is 0 Å². The molecule has 0 unspecified atom stereocenters. The van der Waals surface area contributed by atoms with Gasteiger partial charge in [0, 0.05) is 13.5 Å². The van der Waals surface area contributed by atoms with Crippen molar-refractivity contribution in [3.8, 4) is 0 Å². The average molecular weight is 159 g/mol. The number of aliphatic imine (C=N–C) groups is 1. The van der Waals surface area contributed by atoms with Gasteiger partial charge in [0.25, 0.3) is 0 Å². The van der Waals surface area contributed by atoms with Gasteiger partial charge in [-0.25, -0.2) is 0 Å². The first kappa shape index (κ1) is 12.6. The number of nitrogens with two attached hydrogens (primary N) is 1. The van der Waals surface area contributed by atoms with Gasteiger partial charge in [-0.3, -0.25) is 15.1 Å². The predicted octanol–water partition coefficient (Wildman–Crippen LogP) is 0.483. The second kappa shape index (κ2) is 8.94. The summed E-state index contributed by atoms with van der Waals surface area (Å²) in [5, 5.41) is 2.37. The Hall–Kier alpha value is -1.06. The maximum absolute atomic E-state index is 10.5. The summed E-state index contributed by atoms with van der Waals surface area (Å²) in [5.74, 6) is 0.0555. The molecule has 0 saturated carbocycles. The third-order valence-corrected chi connectivity index (χ3v) is 0.830. The van der Waals surface area contributed by atoms with Gasteiger partial charge in [0.05, 0.1) is 0 Å². The molecule has 0 aromatic heterocycles. The lowest BCUT2D eigenvalue weighted by molar-refractivity contribution is -0.119. The van der Waals surface area contributed by atoms with E-state index < -0.39 is 0 Å². The van der Waals surface area contributed by atoms with E-state index in [1.54, 1.807) is 6.92 Å². The summed E-state index contributed by atoms with van der Waals surface area (Å²) in [6.07, 6.45) is 0.427. The molecule has 66 valence electrons. The van der Waals surface area contributed by atoms with Crippen molar-refractivity contribution in [2.24, 2.45) is 10.7 Å². The van der Waals surface area contributed by atoms with Crippen LogP contribution < -0.4 is 11.1 Å². The molecule has 3 N–H and O–H groups in total. The van der Waals surface area contributed by atoms with Gasteiger partial charge in [0.2, 0.25) is 5.91 Å². The molecule has 0 saturated heterocycles. The first-order valence-electron chi connectivity index (χ1n) is 3.72. The Bertz CT molecular complexity index is 132. The smallest absolute Gasteiger partial charge is 0.226 e. The van der Waals surface area contributed by atoms with Crippen LogP contribution in [0.3, 0.4) is 0 Å². The van der Waals surface area contributed by atoms with E-state index >= 15 is 0 Å². The maximum atomic E-state index is 10.5. The molecule has 0 aliphatic heterocycles. The summed E-state index contributed by atoms with van der Waals surface area (Å²) >= 11 is 0. The van der Waals surface area contributed by atoms with Gasteiger partial charge in [-0.2, -0.15) is 0 Å². The fourth-order valence-electron chi connectivity index (χ4n) is 0.287. The molecular weight excluding hydrogens is 142 g/mol. The molecule has 0 radical (unpaired) electrons. The zero-order valence-electron chi connectivity index (χ0n) is 7.64. The third kappa shape index (κ3) is 8.94. The Labute approximate surface area is 67.9 Å². The van der Waals surface area contributed by atoms with Crippen LogP contribution in [0.4, 0.5) is 0 Å². The summed E-state index contributed by atoms with van der Waals surface area (Å²) in [4.78, 5) is 14.0. The quantitative estimate of drug-likeness (QED) is 0.431. The van der Waals surface area contributed by atoms with Gasteiger partial charge in [-0.05, 0) is 0 Å². The lowest BCUT2D eigenvalue weighted by Gasteiger charge is -1.98. The number of nitrogens with one attached hydrogen (secondary N) is 1. The van der Waals surface area contributed by atoms with Gasteiger partial charge in [-0.15, -0.1) is 0 Å². The molecule has 0 atom stereocenters. The molecule has 0 heterocycles. The van der Waals surface area contributed by atoms with E-state index in [0.29, 0.717) is 6.42 Å². The number of amides is 1. The van der Waals surface area contributed by atoms with Gasteiger partial charge in [0.15, 0.2) is 5.96 Å². The van der Waals surface area contributed by atoms with Crippen LogP contribution in [0, 0.1) is 0 Å². The Morgan fingerprint density at radius 3 is 2.27 bits per heavy atom. The largest absolute Gasteiger partial charge is 0.370 e. The van der Waals surface area contributed by atoms with Crippen molar-refractivity contribution in [3.63, 3.8) is 0 Å². The minimum Gasteiger partial charge on any atom is -0.370 e. The summed E-state index contributed by atoms with van der Waals surface area (Å²) < 4.78 is 0. The molecule has 0 aromatic carbocycles. The number of hydrogen-bond acceptors (Lipinski definition) is 2. The van der Waals surface area contributed by atoms with Gasteiger partial charge in [0.1, 0.15) is 0 Å². The second-order valence-electron chi connectivity index (χ2n) is 1.51. The van der Waals surface area contributed by atoms with Crippen molar-refractivity contribution in [1.29, 1.82) is 0 Å². The highest BCUT2D eigenvalue weighted by Crippen LogP contribution is 1.72. The maximum Gasteiger partial charge on any atom is 0.226 e. The molecule has 0 aliphatic rings. The zero-order chi connectivity index (χ0) is 9.28. The van der Waals surface area contributed by atoms with Gasteiger partial charge >= 0.3 is 0 Å². The van der Waals surface area contributed by atoms with Crippen molar-refractivity contribution in [2.75, 3.05) is 7.05 Å². The number of hydrogen-bond donors (Lipinski definition) is 2. The van der Waals surface area contributed by atoms with E-state index in [2.05, 4.69) is 10.3 Å². The highest BCUT2D eigenvalue weighted by Gasteiger charge is 1.95. The molecule has 0 aromatic rings. The molecule has 11 heavy (non-hydrogen) atoms. The van der Waals surface area contributed by atoms with Crippen molar-refractivity contribution < 1.29 is 4.79 Å². The van der Waals surface area contributed by atoms with Crippen LogP contribution in [-0.4, -0.2) is 18.9 Å². The third-order valence-electron chi connectivity index (χ3n) is 0.830. The van der Waals surface area contributed by atoms with Crippen LogP contribution in [-0.2, 0) is 4.79 Å². The fourth-order valence-corrected chi connectivity index (χ4v) is 0.287. The summed E-state index contributed by atoms with van der Waals surface area (Å²) in [6, 6.07) is 0. The van der Waals surface area contributed by atoms with E-state index in [9.17, 15) is 4.79 Å². The molecular formula is C7H17N3O. The van der Waals surface area contributed by atoms with Crippen LogP contribution in [0.25, 0.3) is 0 Å². The predicted molar refractivity (Wildman–Crippen MR) is 47.3 cm³/mol. The minimum atomic E-state index is -0.113. The molecule has 0 bridgehead atoms. The van der Waals surface area contributed by atoms with Crippen LogP contribution in [0.15, 0.2) is 4.99 Å². The van der Waals surface area contributed by atoms with Crippen molar-refractivity contribution in [1.82, 2.24) is 5.32 Å². The summed E-state index contributed by atoms with van der Waals surface area (Å²) in [6.45, 7) is 5.75. The number of carbonyl (C=O) groups excluding carboxylic acids is 1. The zero-order valence-corrected chi connectivity index (χ0v) is 7.64. The first-order chi connectivity index (χ1) is 5.20. The highest BCUT2D eigenvalue weighted by molar-refractivity contribution is 5.95. The van der Waals surface area contributed by atoms with E-state index in [1.807, 2.05) is 13.8 Å². The summed E-state index contributed by atoms with van der Waals surface area (Å²) in [7, 11) is 1.52. The molecule has 0 aliphatic carbocycles. The van der Waals surface area contributed by atoms with E-state index in [4.69, 9.17) is 5.73 Å². The van der Waals surface area contributed by atoms with E-state index in [0.717, 1.165) is 0 Å². The van der Waals surface area contributed by atoms with Crippen molar-refractivity contribution in [2.45, 2.75) is 27.2 Å². The molecule has 4 nitrogen and oxygen atoms in total. The Morgan fingerprint density at radius 2 is 2.00 bits per heavy atom. The number of rotatable bonds is 1. The van der Waals surface area contributed by atoms with Gasteiger partial charge in [-0.1, -0.05) is 20.8 Å². The van der Waals surface area contributed by atoms with Gasteiger partial charge < -0.3 is 5.73 Å². The fraction of sp³-hybridized carbons (Fsp3) is 0.714. The lowest BCUT2D eigenvalue weighted by atomic mass is 10.5. The monoisotopic (exact) mass is 159 g/mol. The van der Waals surface area contributed by atoms with E-state index in [-0.39, 0.29) is 11.9 Å². The first-order valence-corrected chi connectivity index (χ1v) is 3.72. The number of carbonyl (C=O) groups is 1. The summed E-state index contributed by atoms with van der Waals surface area (Å²) in [5.41, 5.74) is 5.17. The van der Waals surface area contributed by atoms with Crippen LogP contribution in [0.5, 0.6) is 0 Å². The normalized spacial score (nSPS) is 9.64. The Morgan fingerprint density at radius 1 is 1.55 bits per heavy atom. The molecule has 0 fully saturated rings. The van der Waals surface area contributed by atoms with E-state index in [1.165, 1.54) is 7.05 Å². The Balaban J connectivity index is 0. The molecule has 1 amide bonds. The van der Waals surface area contributed by atoms with Crippen LogP contribution in [0.2, 0.25) is 0 Å². The lowest BCUT2D eigenvalue weighted by Crippen LogP contribution is -2.35. The van der Waals surface area contributed by atoms with Crippen LogP contribution in [0.1, 0.15) is 27.2 Å². The Kier molecular flexibility index (Phi) is 10.2. The highest BCUT2D eigenvalue weighted by atomic mass is 16.1. The average Bonchev–Trinajstić information content (AvgIpc) is 2.07.